The zero-order valence-electron chi connectivity index (χ0n) is 17.4. The van der Waals surface area contributed by atoms with Gasteiger partial charge in [-0.2, -0.15) is 8.42 Å². The maximum absolute atomic E-state index is 11.6. The number of aryl methyl sites for hydroxylation is 2. The van der Waals surface area contributed by atoms with Crippen LogP contribution in [0.15, 0.2) is 18.2 Å². The molecule has 1 N–H and O–H groups in total. The Balaban J connectivity index is 2.89. The molecule has 0 bridgehead atoms. The van der Waals surface area contributed by atoms with Crippen molar-refractivity contribution < 1.29 is 17.7 Å². The van der Waals surface area contributed by atoms with Crippen molar-refractivity contribution in [2.24, 2.45) is 0 Å². The molecule has 0 aliphatic carbocycles. The monoisotopic (exact) mass is 398 g/mol. The van der Waals surface area contributed by atoms with Crippen LogP contribution in [-0.4, -0.2) is 18.4 Å². The summed E-state index contributed by atoms with van der Waals surface area (Å²) >= 11 is 0. The molecule has 0 fully saturated rings. The van der Waals surface area contributed by atoms with Gasteiger partial charge in [0.15, 0.2) is 0 Å². The highest BCUT2D eigenvalue weighted by molar-refractivity contribution is 7.86. The molecule has 0 saturated carbocycles. The molecule has 1 aromatic carbocycles. The molecule has 1 aromatic rings. The number of hydrogen-bond donors (Lipinski definition) is 1. The summed E-state index contributed by atoms with van der Waals surface area (Å²) in [6.07, 6.45) is 12.7. The minimum Gasteiger partial charge on any atom is -0.472 e. The molecule has 0 spiro atoms. The van der Waals surface area contributed by atoms with E-state index < -0.39 is 15.6 Å². The minimum absolute atomic E-state index is 0.281. The Labute approximate surface area is 166 Å². The van der Waals surface area contributed by atoms with Crippen LogP contribution in [0.4, 0.5) is 0 Å². The fraction of sp³-hybridized carbons (Fsp3) is 0.727. The van der Waals surface area contributed by atoms with Gasteiger partial charge in [-0.3, -0.25) is 4.55 Å². The van der Waals surface area contributed by atoms with Crippen LogP contribution in [0.25, 0.3) is 0 Å². The smallest absolute Gasteiger partial charge is 0.303 e. The molecule has 0 aliphatic rings. The average Bonchev–Trinajstić information content (AvgIpc) is 2.62. The molecule has 27 heavy (non-hydrogen) atoms. The molecule has 1 atom stereocenters. The summed E-state index contributed by atoms with van der Waals surface area (Å²) < 4.78 is 38.2. The molecular weight excluding hydrogens is 360 g/mol. The molecule has 1 unspecified atom stereocenters. The van der Waals surface area contributed by atoms with Gasteiger partial charge in [-0.05, 0) is 48.9 Å². The van der Waals surface area contributed by atoms with Gasteiger partial charge < -0.3 is 4.74 Å². The third-order valence-corrected chi connectivity index (χ3v) is 5.90. The molecule has 0 amide bonds. The largest absolute Gasteiger partial charge is 0.472 e. The summed E-state index contributed by atoms with van der Waals surface area (Å²) in [6, 6.07) is 5.90. The molecule has 1 rings (SSSR count). The van der Waals surface area contributed by atoms with Crippen LogP contribution < -0.4 is 4.74 Å². The van der Waals surface area contributed by atoms with Crippen molar-refractivity contribution in [3.8, 4) is 5.75 Å². The summed E-state index contributed by atoms with van der Waals surface area (Å²) in [5.41, 5.74) is 1.41. The van der Waals surface area contributed by atoms with Gasteiger partial charge in [-0.25, -0.2) is 0 Å². The standard InChI is InChI=1S/C22H38O4S/c1-4-7-9-11-14-19-16-17-21(18-20(19)15-12-10-8-5-2)26-22(13-6-3)27(23,24)25/h16-18,22H,4-15H2,1-3H3,(H,23,24,25). The fourth-order valence-corrected chi connectivity index (χ4v) is 4.06. The average molecular weight is 399 g/mol. The normalized spacial score (nSPS) is 12.9. The molecule has 156 valence electrons. The van der Waals surface area contributed by atoms with E-state index in [1.54, 1.807) is 0 Å². The molecule has 0 radical (unpaired) electrons. The summed E-state index contributed by atoms with van der Waals surface area (Å²) in [5, 5.41) is 0. The number of hydrogen-bond acceptors (Lipinski definition) is 3. The quantitative estimate of drug-likeness (QED) is 0.277. The Morgan fingerprint density at radius 1 is 0.852 bits per heavy atom. The van der Waals surface area contributed by atoms with Crippen molar-refractivity contribution in [3.05, 3.63) is 29.3 Å². The first kappa shape index (κ1) is 24.0. The van der Waals surface area contributed by atoms with Gasteiger partial charge in [0.25, 0.3) is 0 Å². The Bertz CT molecular complexity index is 625. The van der Waals surface area contributed by atoms with Crippen molar-refractivity contribution in [2.75, 3.05) is 0 Å². The second-order valence-corrected chi connectivity index (χ2v) is 8.96. The summed E-state index contributed by atoms with van der Waals surface area (Å²) in [7, 11) is -4.22. The van der Waals surface area contributed by atoms with E-state index in [0.717, 1.165) is 19.3 Å². The maximum atomic E-state index is 11.6. The second-order valence-electron chi connectivity index (χ2n) is 7.40. The summed E-state index contributed by atoms with van der Waals surface area (Å²) in [5.74, 6) is 0.536. The Kier molecular flexibility index (Phi) is 11.7. The summed E-state index contributed by atoms with van der Waals surface area (Å²) in [4.78, 5) is 0. The van der Waals surface area contributed by atoms with E-state index in [-0.39, 0.29) is 6.42 Å². The number of unbranched alkanes of at least 4 members (excludes halogenated alkanes) is 6. The minimum atomic E-state index is -4.22. The van der Waals surface area contributed by atoms with Gasteiger partial charge in [0.2, 0.25) is 5.44 Å². The summed E-state index contributed by atoms with van der Waals surface area (Å²) in [6.45, 7) is 6.30. The molecule has 4 nitrogen and oxygen atoms in total. The third-order valence-electron chi connectivity index (χ3n) is 4.90. The number of ether oxygens (including phenoxy) is 1. The lowest BCUT2D eigenvalue weighted by Crippen LogP contribution is -2.26. The lowest BCUT2D eigenvalue weighted by molar-refractivity contribution is 0.245. The first-order valence-electron chi connectivity index (χ1n) is 10.7. The molecular formula is C22H38O4S. The zero-order chi connectivity index (χ0) is 20.1. The first-order valence-corrected chi connectivity index (χ1v) is 12.2. The van der Waals surface area contributed by atoms with E-state index >= 15 is 0 Å². The first-order chi connectivity index (χ1) is 12.9. The highest BCUT2D eigenvalue weighted by Crippen LogP contribution is 2.25. The lowest BCUT2D eigenvalue weighted by atomic mass is 9.96. The molecule has 0 heterocycles. The third kappa shape index (κ3) is 9.61. The van der Waals surface area contributed by atoms with E-state index in [2.05, 4.69) is 19.9 Å². The van der Waals surface area contributed by atoms with E-state index in [4.69, 9.17) is 4.74 Å². The maximum Gasteiger partial charge on any atom is 0.303 e. The lowest BCUT2D eigenvalue weighted by Gasteiger charge is -2.18. The Morgan fingerprint density at radius 2 is 1.44 bits per heavy atom. The van der Waals surface area contributed by atoms with Gasteiger partial charge in [0.1, 0.15) is 5.75 Å². The Hall–Kier alpha value is -1.07. The van der Waals surface area contributed by atoms with Gasteiger partial charge >= 0.3 is 10.1 Å². The van der Waals surface area contributed by atoms with E-state index in [1.165, 1.54) is 56.1 Å². The van der Waals surface area contributed by atoms with E-state index in [0.29, 0.717) is 12.2 Å². The predicted molar refractivity (Wildman–Crippen MR) is 113 cm³/mol. The van der Waals surface area contributed by atoms with Crippen LogP contribution >= 0.6 is 0 Å². The van der Waals surface area contributed by atoms with Gasteiger partial charge in [0, 0.05) is 6.42 Å². The fourth-order valence-electron chi connectivity index (χ4n) is 3.29. The van der Waals surface area contributed by atoms with E-state index in [9.17, 15) is 13.0 Å². The van der Waals surface area contributed by atoms with Crippen LogP contribution in [0.1, 0.15) is 96.1 Å². The van der Waals surface area contributed by atoms with Crippen LogP contribution in [0.5, 0.6) is 5.75 Å². The predicted octanol–water partition coefficient (Wildman–Crippen LogP) is 6.33. The molecule has 0 aliphatic heterocycles. The highest BCUT2D eigenvalue weighted by atomic mass is 32.2. The van der Waals surface area contributed by atoms with Crippen molar-refractivity contribution in [2.45, 2.75) is 103 Å². The second kappa shape index (κ2) is 13.2. The van der Waals surface area contributed by atoms with Crippen molar-refractivity contribution >= 4 is 10.1 Å². The van der Waals surface area contributed by atoms with Crippen LogP contribution in [0.3, 0.4) is 0 Å². The van der Waals surface area contributed by atoms with Gasteiger partial charge in [-0.15, -0.1) is 0 Å². The molecule has 0 aromatic heterocycles. The topological polar surface area (TPSA) is 63.6 Å². The van der Waals surface area contributed by atoms with Crippen LogP contribution in [-0.2, 0) is 23.0 Å². The zero-order valence-corrected chi connectivity index (χ0v) is 18.2. The van der Waals surface area contributed by atoms with Crippen molar-refractivity contribution in [1.29, 1.82) is 0 Å². The van der Waals surface area contributed by atoms with E-state index in [1.807, 2.05) is 19.1 Å². The van der Waals surface area contributed by atoms with Gasteiger partial charge in [0.05, 0.1) is 0 Å². The van der Waals surface area contributed by atoms with Crippen LogP contribution in [0.2, 0.25) is 0 Å². The Morgan fingerprint density at radius 3 is 1.96 bits per heavy atom. The highest BCUT2D eigenvalue weighted by Gasteiger charge is 2.24. The number of benzene rings is 1. The molecule has 5 heteroatoms. The SMILES string of the molecule is CCCCCCc1ccc(OC(CCC)S(=O)(=O)O)cc1CCCCCC. The van der Waals surface area contributed by atoms with Crippen LogP contribution in [0, 0.1) is 0 Å². The number of rotatable bonds is 15. The van der Waals surface area contributed by atoms with Crippen molar-refractivity contribution in [1.82, 2.24) is 0 Å². The molecule has 0 saturated heterocycles. The van der Waals surface area contributed by atoms with Gasteiger partial charge in [-0.1, -0.05) is 71.8 Å². The van der Waals surface area contributed by atoms with Crippen molar-refractivity contribution in [3.63, 3.8) is 0 Å².